The van der Waals surface area contributed by atoms with Gasteiger partial charge in [0.2, 0.25) is 10.0 Å². The van der Waals surface area contributed by atoms with Crippen molar-refractivity contribution in [3.05, 3.63) is 47.8 Å². The molecule has 0 aromatic heterocycles. The molecule has 134 valence electrons. The Morgan fingerprint density at radius 3 is 2.36 bits per heavy atom. The Balaban J connectivity index is 2.27. The van der Waals surface area contributed by atoms with E-state index >= 15 is 0 Å². The SMILES string of the molecule is COc1ccc(C(=O)Nc2ccc(OC)c(NS(C)(=O)=O)c2)c(F)c1. The first-order valence-electron chi connectivity index (χ1n) is 7.04. The molecule has 2 aromatic rings. The lowest BCUT2D eigenvalue weighted by Gasteiger charge is -2.13. The maximum atomic E-state index is 14.0. The van der Waals surface area contributed by atoms with Gasteiger partial charge < -0.3 is 14.8 Å². The Hall–Kier alpha value is -2.81. The van der Waals surface area contributed by atoms with Crippen molar-refractivity contribution >= 4 is 27.3 Å². The summed E-state index contributed by atoms with van der Waals surface area (Å²) in [5, 5.41) is 2.50. The van der Waals surface area contributed by atoms with Gasteiger partial charge in [0.15, 0.2) is 0 Å². The Kier molecular flexibility index (Phi) is 5.48. The number of carbonyl (C=O) groups excluding carboxylic acids is 1. The van der Waals surface area contributed by atoms with E-state index in [-0.39, 0.29) is 28.4 Å². The fraction of sp³-hybridized carbons (Fsp3) is 0.188. The molecule has 0 heterocycles. The molecular weight excluding hydrogens is 351 g/mol. The minimum absolute atomic E-state index is 0.151. The molecule has 0 bridgehead atoms. The molecule has 0 saturated carbocycles. The van der Waals surface area contributed by atoms with Gasteiger partial charge in [-0.2, -0.15) is 0 Å². The molecule has 0 aliphatic carbocycles. The zero-order chi connectivity index (χ0) is 18.6. The minimum atomic E-state index is -3.54. The van der Waals surface area contributed by atoms with Crippen molar-refractivity contribution in [1.29, 1.82) is 0 Å². The van der Waals surface area contributed by atoms with Crippen molar-refractivity contribution in [3.8, 4) is 11.5 Å². The Morgan fingerprint density at radius 2 is 1.80 bits per heavy atom. The fourth-order valence-electron chi connectivity index (χ4n) is 2.07. The van der Waals surface area contributed by atoms with Gasteiger partial charge >= 0.3 is 0 Å². The number of sulfonamides is 1. The van der Waals surface area contributed by atoms with Crippen LogP contribution < -0.4 is 19.5 Å². The highest BCUT2D eigenvalue weighted by molar-refractivity contribution is 7.92. The van der Waals surface area contributed by atoms with Gasteiger partial charge in [0, 0.05) is 11.8 Å². The van der Waals surface area contributed by atoms with Gasteiger partial charge in [0.05, 0.1) is 31.7 Å². The second-order valence-corrected chi connectivity index (χ2v) is 6.84. The largest absolute Gasteiger partial charge is 0.497 e. The number of hydrogen-bond donors (Lipinski definition) is 2. The third kappa shape index (κ3) is 4.83. The molecule has 0 atom stereocenters. The molecule has 1 amide bonds. The van der Waals surface area contributed by atoms with E-state index in [0.29, 0.717) is 0 Å². The Bertz CT molecular complexity index is 899. The third-order valence-electron chi connectivity index (χ3n) is 3.17. The molecule has 25 heavy (non-hydrogen) atoms. The van der Waals surface area contributed by atoms with E-state index in [1.807, 2.05) is 0 Å². The van der Waals surface area contributed by atoms with Crippen LogP contribution in [0.2, 0.25) is 0 Å². The normalized spacial score (nSPS) is 10.9. The highest BCUT2D eigenvalue weighted by Crippen LogP contribution is 2.29. The molecule has 9 heteroatoms. The lowest BCUT2D eigenvalue weighted by atomic mass is 10.1. The van der Waals surface area contributed by atoms with Crippen LogP contribution in [0.25, 0.3) is 0 Å². The number of carbonyl (C=O) groups is 1. The van der Waals surface area contributed by atoms with E-state index in [4.69, 9.17) is 9.47 Å². The van der Waals surface area contributed by atoms with Crippen LogP contribution in [0.3, 0.4) is 0 Å². The number of anilines is 2. The molecule has 0 aliphatic rings. The van der Waals surface area contributed by atoms with Crippen LogP contribution in [-0.4, -0.2) is 34.8 Å². The van der Waals surface area contributed by atoms with Crippen molar-refractivity contribution in [2.24, 2.45) is 0 Å². The van der Waals surface area contributed by atoms with Crippen molar-refractivity contribution in [2.45, 2.75) is 0 Å². The number of rotatable bonds is 6. The van der Waals surface area contributed by atoms with Gasteiger partial charge in [-0.25, -0.2) is 12.8 Å². The molecule has 0 saturated heterocycles. The van der Waals surface area contributed by atoms with Crippen LogP contribution in [0, 0.1) is 5.82 Å². The quantitative estimate of drug-likeness (QED) is 0.817. The molecular formula is C16H17FN2O5S. The maximum Gasteiger partial charge on any atom is 0.258 e. The second-order valence-electron chi connectivity index (χ2n) is 5.09. The monoisotopic (exact) mass is 368 g/mol. The molecule has 0 aliphatic heterocycles. The van der Waals surface area contributed by atoms with Gasteiger partial charge in [-0.1, -0.05) is 0 Å². The number of benzene rings is 2. The van der Waals surface area contributed by atoms with E-state index in [0.717, 1.165) is 12.3 Å². The number of ether oxygens (including phenoxy) is 2. The summed E-state index contributed by atoms with van der Waals surface area (Å²) in [5.74, 6) is -0.854. The summed E-state index contributed by atoms with van der Waals surface area (Å²) in [6.45, 7) is 0. The minimum Gasteiger partial charge on any atom is -0.497 e. The molecule has 0 radical (unpaired) electrons. The zero-order valence-corrected chi connectivity index (χ0v) is 14.6. The second kappa shape index (κ2) is 7.39. The number of hydrogen-bond acceptors (Lipinski definition) is 5. The molecule has 2 N–H and O–H groups in total. The molecule has 2 aromatic carbocycles. The summed E-state index contributed by atoms with van der Waals surface area (Å²) < 4.78 is 49.0. The predicted molar refractivity (Wildman–Crippen MR) is 92.4 cm³/mol. The van der Waals surface area contributed by atoms with Crippen LogP contribution in [0.1, 0.15) is 10.4 Å². The summed E-state index contributed by atoms with van der Waals surface area (Å²) in [5.41, 5.74) is 0.249. The summed E-state index contributed by atoms with van der Waals surface area (Å²) in [6, 6.07) is 8.21. The van der Waals surface area contributed by atoms with Crippen molar-refractivity contribution in [1.82, 2.24) is 0 Å². The van der Waals surface area contributed by atoms with Gasteiger partial charge in [-0.15, -0.1) is 0 Å². The summed E-state index contributed by atoms with van der Waals surface area (Å²) in [4.78, 5) is 12.2. The Labute approximate surface area is 144 Å². The van der Waals surface area contributed by atoms with Crippen LogP contribution in [0.5, 0.6) is 11.5 Å². The highest BCUT2D eigenvalue weighted by Gasteiger charge is 2.15. The molecule has 0 spiro atoms. The third-order valence-corrected chi connectivity index (χ3v) is 3.76. The van der Waals surface area contributed by atoms with Crippen molar-refractivity contribution < 1.29 is 27.1 Å². The first-order chi connectivity index (χ1) is 11.7. The molecule has 0 fully saturated rings. The average Bonchev–Trinajstić information content (AvgIpc) is 2.53. The smallest absolute Gasteiger partial charge is 0.258 e. The summed E-state index contributed by atoms with van der Waals surface area (Å²) in [6.07, 6.45) is 0.991. The van der Waals surface area contributed by atoms with E-state index in [1.54, 1.807) is 0 Å². The molecule has 2 rings (SSSR count). The topological polar surface area (TPSA) is 93.7 Å². The standard InChI is InChI=1S/C16H17FN2O5S/c1-23-11-5-6-12(13(17)9-11)16(20)18-10-4-7-15(24-2)14(8-10)19-25(3,21)22/h4-9,19H,1-3H3,(H,18,20). The lowest BCUT2D eigenvalue weighted by Crippen LogP contribution is -2.15. The number of amides is 1. The van der Waals surface area contributed by atoms with Crippen LogP contribution in [0.15, 0.2) is 36.4 Å². The number of halogens is 1. The van der Waals surface area contributed by atoms with E-state index in [2.05, 4.69) is 10.0 Å². The number of nitrogens with one attached hydrogen (secondary N) is 2. The van der Waals surface area contributed by atoms with E-state index in [1.165, 1.54) is 44.6 Å². The first kappa shape index (κ1) is 18.5. The van der Waals surface area contributed by atoms with Gasteiger partial charge in [0.25, 0.3) is 5.91 Å². The number of methoxy groups -OCH3 is 2. The maximum absolute atomic E-state index is 14.0. The van der Waals surface area contributed by atoms with Crippen molar-refractivity contribution in [2.75, 3.05) is 30.5 Å². The van der Waals surface area contributed by atoms with E-state index < -0.39 is 21.7 Å². The summed E-state index contributed by atoms with van der Waals surface area (Å²) in [7, 11) is -0.764. The van der Waals surface area contributed by atoms with Gasteiger partial charge in [0.1, 0.15) is 17.3 Å². The van der Waals surface area contributed by atoms with E-state index in [9.17, 15) is 17.6 Å². The van der Waals surface area contributed by atoms with Gasteiger partial charge in [-0.3, -0.25) is 9.52 Å². The average molecular weight is 368 g/mol. The van der Waals surface area contributed by atoms with Gasteiger partial charge in [-0.05, 0) is 30.3 Å². The Morgan fingerprint density at radius 1 is 1.08 bits per heavy atom. The lowest BCUT2D eigenvalue weighted by molar-refractivity contribution is 0.102. The van der Waals surface area contributed by atoms with Crippen LogP contribution in [0.4, 0.5) is 15.8 Å². The van der Waals surface area contributed by atoms with Crippen molar-refractivity contribution in [3.63, 3.8) is 0 Å². The molecule has 0 unspecified atom stereocenters. The zero-order valence-electron chi connectivity index (χ0n) is 13.8. The highest BCUT2D eigenvalue weighted by atomic mass is 32.2. The summed E-state index contributed by atoms with van der Waals surface area (Å²) >= 11 is 0. The first-order valence-corrected chi connectivity index (χ1v) is 8.93. The van der Waals surface area contributed by atoms with Crippen LogP contribution in [-0.2, 0) is 10.0 Å². The fourth-order valence-corrected chi connectivity index (χ4v) is 2.63. The van der Waals surface area contributed by atoms with Crippen LogP contribution >= 0.6 is 0 Å². The predicted octanol–water partition coefficient (Wildman–Crippen LogP) is 2.47. The molecule has 7 nitrogen and oxygen atoms in total.